The van der Waals surface area contributed by atoms with E-state index in [-0.39, 0.29) is 5.97 Å². The zero-order chi connectivity index (χ0) is 19.6. The van der Waals surface area contributed by atoms with E-state index in [4.69, 9.17) is 4.74 Å². The maximum Gasteiger partial charge on any atom is 0.338 e. The van der Waals surface area contributed by atoms with E-state index in [1.807, 2.05) is 25.1 Å². The maximum atomic E-state index is 11.9. The van der Waals surface area contributed by atoms with E-state index in [2.05, 4.69) is 19.1 Å². The number of hydrogen-bond acceptors (Lipinski definition) is 2. The van der Waals surface area contributed by atoms with Gasteiger partial charge in [0, 0.05) is 0 Å². The highest BCUT2D eigenvalue weighted by molar-refractivity contribution is 5.93. The second-order valence-corrected chi connectivity index (χ2v) is 7.31. The Bertz CT molecular complexity index is 519. The third kappa shape index (κ3) is 11.7. The molecule has 1 aromatic rings. The number of carbonyl (C=O) groups excluding carboxylic acids is 1. The van der Waals surface area contributed by atoms with Gasteiger partial charge in [0.2, 0.25) is 0 Å². The van der Waals surface area contributed by atoms with Crippen molar-refractivity contribution in [1.82, 2.24) is 0 Å². The van der Waals surface area contributed by atoms with Crippen LogP contribution in [0.25, 0.3) is 6.08 Å². The van der Waals surface area contributed by atoms with Gasteiger partial charge in [0.25, 0.3) is 0 Å². The lowest BCUT2D eigenvalue weighted by molar-refractivity contribution is 0.0526. The number of allylic oxidation sites excluding steroid dienone is 1. The molecular formula is C25H39O2. The summed E-state index contributed by atoms with van der Waals surface area (Å²) < 4.78 is 5.10. The predicted octanol–water partition coefficient (Wildman–Crippen LogP) is 7.77. The minimum absolute atomic E-state index is 0.264. The van der Waals surface area contributed by atoms with E-state index in [9.17, 15) is 4.79 Å². The maximum absolute atomic E-state index is 11.9. The van der Waals surface area contributed by atoms with Crippen molar-refractivity contribution < 1.29 is 9.53 Å². The van der Waals surface area contributed by atoms with Crippen LogP contribution in [-0.4, -0.2) is 12.6 Å². The molecule has 0 bridgehead atoms. The number of unbranched alkanes of at least 4 members (excludes halogenated alkanes) is 12. The minimum Gasteiger partial charge on any atom is -0.462 e. The van der Waals surface area contributed by atoms with Crippen molar-refractivity contribution in [1.29, 1.82) is 0 Å². The molecule has 0 saturated carbocycles. The van der Waals surface area contributed by atoms with E-state index in [1.165, 1.54) is 77.0 Å². The molecule has 1 rings (SSSR count). The van der Waals surface area contributed by atoms with Crippen LogP contribution in [0.5, 0.6) is 0 Å². The molecule has 0 aliphatic rings. The smallest absolute Gasteiger partial charge is 0.338 e. The van der Waals surface area contributed by atoms with Crippen LogP contribution >= 0.6 is 0 Å². The van der Waals surface area contributed by atoms with Crippen molar-refractivity contribution in [2.24, 2.45) is 0 Å². The Morgan fingerprint density at radius 3 is 2.11 bits per heavy atom. The van der Waals surface area contributed by atoms with Crippen molar-refractivity contribution in [2.45, 2.75) is 97.3 Å². The van der Waals surface area contributed by atoms with Crippen molar-refractivity contribution in [3.8, 4) is 0 Å². The lowest BCUT2D eigenvalue weighted by Crippen LogP contribution is -2.06. The molecule has 0 amide bonds. The van der Waals surface area contributed by atoms with Gasteiger partial charge in [0.05, 0.1) is 12.2 Å². The standard InChI is InChI=1S/C25H39O2/c1-3-5-6-7-8-9-10-11-12-13-14-15-16-17-20-23-21-18-19-22-24(23)25(26)27-4-2/h17-18,20-22H,3-16H2,1-2H3. The highest BCUT2D eigenvalue weighted by Crippen LogP contribution is 2.15. The van der Waals surface area contributed by atoms with Crippen molar-refractivity contribution >= 4 is 12.0 Å². The molecule has 0 aliphatic heterocycles. The van der Waals surface area contributed by atoms with Gasteiger partial charge < -0.3 is 4.74 Å². The first-order chi connectivity index (χ1) is 13.3. The Labute approximate surface area is 167 Å². The van der Waals surface area contributed by atoms with Crippen LogP contribution in [0.4, 0.5) is 0 Å². The Morgan fingerprint density at radius 1 is 0.926 bits per heavy atom. The largest absolute Gasteiger partial charge is 0.462 e. The summed E-state index contributed by atoms with van der Waals surface area (Å²) in [7, 11) is 0. The zero-order valence-corrected chi connectivity index (χ0v) is 17.6. The summed E-state index contributed by atoms with van der Waals surface area (Å²) in [5.41, 5.74) is 1.52. The Morgan fingerprint density at radius 2 is 1.52 bits per heavy atom. The first-order valence-corrected chi connectivity index (χ1v) is 11.1. The first kappa shape index (κ1) is 23.5. The normalized spacial score (nSPS) is 11.2. The average molecular weight is 372 g/mol. The van der Waals surface area contributed by atoms with Crippen LogP contribution in [0.2, 0.25) is 0 Å². The van der Waals surface area contributed by atoms with Gasteiger partial charge in [-0.15, -0.1) is 0 Å². The van der Waals surface area contributed by atoms with Crippen LogP contribution in [0.3, 0.4) is 0 Å². The predicted molar refractivity (Wildman–Crippen MR) is 116 cm³/mol. The third-order valence-corrected chi connectivity index (χ3v) is 4.91. The summed E-state index contributed by atoms with van der Waals surface area (Å²) >= 11 is 0. The Hall–Kier alpha value is -1.57. The van der Waals surface area contributed by atoms with E-state index in [0.717, 1.165) is 12.0 Å². The first-order valence-electron chi connectivity index (χ1n) is 11.1. The molecule has 0 atom stereocenters. The van der Waals surface area contributed by atoms with Crippen molar-refractivity contribution in [3.63, 3.8) is 0 Å². The number of hydrogen-bond donors (Lipinski definition) is 0. The highest BCUT2D eigenvalue weighted by Gasteiger charge is 2.09. The molecule has 0 heterocycles. The summed E-state index contributed by atoms with van der Waals surface area (Å²) in [5, 5.41) is 0. The van der Waals surface area contributed by atoms with Crippen LogP contribution in [0.15, 0.2) is 24.3 Å². The average Bonchev–Trinajstić information content (AvgIpc) is 2.68. The lowest BCUT2D eigenvalue weighted by Gasteiger charge is -2.05. The molecule has 151 valence electrons. The van der Waals surface area contributed by atoms with Gasteiger partial charge in [-0.2, -0.15) is 0 Å². The van der Waals surface area contributed by atoms with Gasteiger partial charge in [-0.05, 0) is 37.5 Å². The fourth-order valence-corrected chi connectivity index (χ4v) is 3.29. The molecule has 0 aliphatic carbocycles. The van der Waals surface area contributed by atoms with Crippen molar-refractivity contribution in [3.05, 3.63) is 41.5 Å². The second-order valence-electron chi connectivity index (χ2n) is 7.31. The highest BCUT2D eigenvalue weighted by atomic mass is 16.5. The van der Waals surface area contributed by atoms with Crippen LogP contribution < -0.4 is 0 Å². The quantitative estimate of drug-likeness (QED) is 0.219. The molecule has 2 heteroatoms. The summed E-state index contributed by atoms with van der Waals surface area (Å²) in [6, 6.07) is 8.43. The zero-order valence-electron chi connectivity index (χ0n) is 17.6. The summed E-state index contributed by atoms with van der Waals surface area (Å²) in [6.07, 6.45) is 21.8. The lowest BCUT2D eigenvalue weighted by atomic mass is 10.0. The Kier molecular flexibility index (Phi) is 14.4. The summed E-state index contributed by atoms with van der Waals surface area (Å²) in [6.45, 7) is 4.50. The third-order valence-electron chi connectivity index (χ3n) is 4.91. The van der Waals surface area contributed by atoms with E-state index in [0.29, 0.717) is 12.2 Å². The van der Waals surface area contributed by atoms with Gasteiger partial charge in [0.1, 0.15) is 0 Å². The molecule has 1 aromatic carbocycles. The fourth-order valence-electron chi connectivity index (χ4n) is 3.29. The summed E-state index contributed by atoms with van der Waals surface area (Å²) in [5.74, 6) is -0.264. The molecule has 1 radical (unpaired) electrons. The van der Waals surface area contributed by atoms with Crippen LogP contribution in [0, 0.1) is 6.07 Å². The topological polar surface area (TPSA) is 26.3 Å². The number of ether oxygens (including phenoxy) is 1. The van der Waals surface area contributed by atoms with Crippen LogP contribution in [0.1, 0.15) is 113 Å². The number of esters is 1. The SMILES string of the molecule is CCCCCCCCCCCCCCC=Cc1cc[c]cc1C(=O)OCC. The summed E-state index contributed by atoms with van der Waals surface area (Å²) in [4.78, 5) is 11.9. The monoisotopic (exact) mass is 371 g/mol. The van der Waals surface area contributed by atoms with Gasteiger partial charge in [-0.1, -0.05) is 102 Å². The number of carbonyl (C=O) groups is 1. The minimum atomic E-state index is -0.264. The second kappa shape index (κ2) is 16.6. The molecule has 0 aromatic heterocycles. The van der Waals surface area contributed by atoms with E-state index >= 15 is 0 Å². The molecule has 0 N–H and O–H groups in total. The van der Waals surface area contributed by atoms with Crippen LogP contribution in [-0.2, 0) is 4.74 Å². The molecule has 0 unspecified atom stereocenters. The van der Waals surface area contributed by atoms with Gasteiger partial charge in [0.15, 0.2) is 0 Å². The van der Waals surface area contributed by atoms with Crippen molar-refractivity contribution in [2.75, 3.05) is 6.61 Å². The van der Waals surface area contributed by atoms with E-state index in [1.54, 1.807) is 6.07 Å². The molecule has 0 fully saturated rings. The van der Waals surface area contributed by atoms with Gasteiger partial charge >= 0.3 is 5.97 Å². The molecular weight excluding hydrogens is 332 g/mol. The Balaban J connectivity index is 2.06. The number of benzene rings is 1. The molecule has 0 saturated heterocycles. The fraction of sp³-hybridized carbons (Fsp3) is 0.640. The van der Waals surface area contributed by atoms with Gasteiger partial charge in [-0.25, -0.2) is 4.79 Å². The molecule has 0 spiro atoms. The molecule has 2 nitrogen and oxygen atoms in total. The van der Waals surface area contributed by atoms with Gasteiger partial charge in [-0.3, -0.25) is 0 Å². The molecule has 27 heavy (non-hydrogen) atoms. The number of rotatable bonds is 16. The van der Waals surface area contributed by atoms with E-state index < -0.39 is 0 Å².